The Kier molecular flexibility index (Phi) is 8.79. The van der Waals surface area contributed by atoms with Crippen molar-refractivity contribution >= 4 is 50.1 Å². The molecule has 56 heavy (non-hydrogen) atoms. The Labute approximate surface area is 330 Å². The van der Waals surface area contributed by atoms with Crippen LogP contribution in [0.1, 0.15) is 86.1 Å². The molecule has 5 aromatic rings. The number of anilines is 4. The molecule has 4 bridgehead atoms. The van der Waals surface area contributed by atoms with Crippen molar-refractivity contribution < 1.29 is 19.0 Å². The first kappa shape index (κ1) is 37.1. The first-order valence-corrected chi connectivity index (χ1v) is 20.5. The van der Waals surface area contributed by atoms with Gasteiger partial charge in [-0.05, 0) is 120 Å². The molecule has 0 radical (unpaired) electrons. The largest absolute Gasteiger partial charge is 0.476 e. The number of pyridine rings is 1. The van der Waals surface area contributed by atoms with Gasteiger partial charge in [-0.15, -0.1) is 10.2 Å². The average molecular weight is 780 g/mol. The van der Waals surface area contributed by atoms with Gasteiger partial charge in [0.25, 0.3) is 0 Å². The number of likely N-dealkylation sites (N-methyl/N-ethyl adjacent to an activating group) is 1. The highest BCUT2D eigenvalue weighted by atomic mass is 32.1. The smallest absolute Gasteiger partial charge is 0.355 e. The average Bonchev–Trinajstić information content (AvgIpc) is 3.70. The summed E-state index contributed by atoms with van der Waals surface area (Å²) >= 11 is 1.23. The van der Waals surface area contributed by atoms with Crippen LogP contribution in [0, 0.1) is 35.9 Å². The van der Waals surface area contributed by atoms with E-state index in [2.05, 4.69) is 58.0 Å². The molecule has 0 amide bonds. The molecule has 5 aliphatic rings. The molecule has 4 aliphatic carbocycles. The number of nitrogens with zero attached hydrogens (tertiary/aromatic N) is 8. The lowest BCUT2D eigenvalue weighted by atomic mass is 9.39. The molecular formula is C42H50FN9O3S. The predicted molar refractivity (Wildman–Crippen MR) is 216 cm³/mol. The minimum absolute atomic E-state index is 0.0219. The lowest BCUT2D eigenvalue weighted by Gasteiger charge is -2.69. The number of thiazole rings is 1. The molecule has 294 valence electrons. The topological polar surface area (TPSA) is 134 Å². The SMILES string of the molecule is Cc1c(Nc2nc3cccc(F)c3s2)nnc2c1CCCN2c1ccc(-c2cnn(CC34CC5(C)CC(C)(C3)CC(OCCN(C)C)(C5)C4)c2C)c(C(=O)O)n1. The third-order valence-corrected chi connectivity index (χ3v) is 13.8. The number of aromatic carboxylic acids is 1. The van der Waals surface area contributed by atoms with Gasteiger partial charge < -0.3 is 25.0 Å². The second-order valence-corrected chi connectivity index (χ2v) is 19.2. The van der Waals surface area contributed by atoms with E-state index >= 15 is 0 Å². The number of hydrogen-bond acceptors (Lipinski definition) is 11. The van der Waals surface area contributed by atoms with Crippen LogP contribution >= 0.6 is 11.3 Å². The number of rotatable bonds is 11. The Morgan fingerprint density at radius 2 is 1.80 bits per heavy atom. The van der Waals surface area contributed by atoms with E-state index in [1.165, 1.54) is 23.8 Å². The van der Waals surface area contributed by atoms with E-state index in [-0.39, 0.29) is 33.4 Å². The van der Waals surface area contributed by atoms with Gasteiger partial charge in [-0.25, -0.2) is 19.2 Å². The van der Waals surface area contributed by atoms with E-state index in [4.69, 9.17) is 14.8 Å². The Hall–Kier alpha value is -4.53. The number of carboxylic acids is 1. The van der Waals surface area contributed by atoms with Crippen molar-refractivity contribution in [1.82, 2.24) is 34.8 Å². The highest BCUT2D eigenvalue weighted by Gasteiger charge is 2.66. The Morgan fingerprint density at radius 3 is 2.54 bits per heavy atom. The number of ether oxygens (including phenoxy) is 1. The van der Waals surface area contributed by atoms with Crippen molar-refractivity contribution in [2.45, 2.75) is 91.2 Å². The monoisotopic (exact) mass is 779 g/mol. The van der Waals surface area contributed by atoms with Gasteiger partial charge in [0.05, 0.1) is 28.6 Å². The zero-order valence-electron chi connectivity index (χ0n) is 33.1. The second-order valence-electron chi connectivity index (χ2n) is 18.2. The van der Waals surface area contributed by atoms with Crippen LogP contribution in [0.15, 0.2) is 36.5 Å². The normalized spacial score (nSPS) is 26.7. The highest BCUT2D eigenvalue weighted by Crippen LogP contribution is 2.72. The number of benzene rings is 1. The number of carbonyl (C=O) groups is 1. The van der Waals surface area contributed by atoms with E-state index in [1.54, 1.807) is 12.1 Å². The maximum Gasteiger partial charge on any atom is 0.355 e. The molecular weight excluding hydrogens is 730 g/mol. The fraction of sp³-hybridized carbons (Fsp3) is 0.524. The van der Waals surface area contributed by atoms with Gasteiger partial charge in [0, 0.05) is 47.6 Å². The predicted octanol–water partition coefficient (Wildman–Crippen LogP) is 8.32. The maximum atomic E-state index is 14.3. The Bertz CT molecular complexity index is 2360. The van der Waals surface area contributed by atoms with Gasteiger partial charge >= 0.3 is 5.97 Å². The molecule has 4 fully saturated rings. The van der Waals surface area contributed by atoms with Crippen LogP contribution in [0.2, 0.25) is 0 Å². The van der Waals surface area contributed by atoms with Crippen molar-refractivity contribution in [3.8, 4) is 11.1 Å². The minimum atomic E-state index is -1.10. The van der Waals surface area contributed by atoms with Gasteiger partial charge in [0.2, 0.25) is 0 Å². The molecule has 14 heteroatoms. The summed E-state index contributed by atoms with van der Waals surface area (Å²) in [5, 5.41) is 28.4. The van der Waals surface area contributed by atoms with Gasteiger partial charge in [0.1, 0.15) is 11.6 Å². The molecule has 4 saturated carbocycles. The number of carboxylic acid groups (broad SMARTS) is 1. The number of halogens is 1. The van der Waals surface area contributed by atoms with Crippen LogP contribution in [0.5, 0.6) is 0 Å². The minimum Gasteiger partial charge on any atom is -0.476 e. The van der Waals surface area contributed by atoms with E-state index in [9.17, 15) is 14.3 Å². The molecule has 1 aromatic carbocycles. The van der Waals surface area contributed by atoms with Crippen LogP contribution in [0.4, 0.5) is 27.0 Å². The molecule has 10 rings (SSSR count). The summed E-state index contributed by atoms with van der Waals surface area (Å²) in [5.74, 6) is 0.297. The van der Waals surface area contributed by atoms with E-state index in [0.717, 1.165) is 87.0 Å². The van der Waals surface area contributed by atoms with Crippen LogP contribution in [0.3, 0.4) is 0 Å². The quantitative estimate of drug-likeness (QED) is 0.134. The first-order valence-electron chi connectivity index (χ1n) is 19.7. The van der Waals surface area contributed by atoms with Crippen LogP contribution in [-0.2, 0) is 17.7 Å². The first-order chi connectivity index (χ1) is 26.7. The van der Waals surface area contributed by atoms with Gasteiger partial charge in [-0.1, -0.05) is 31.3 Å². The Balaban J connectivity index is 0.984. The fourth-order valence-corrected chi connectivity index (χ4v) is 12.6. The van der Waals surface area contributed by atoms with E-state index in [0.29, 0.717) is 44.9 Å². The van der Waals surface area contributed by atoms with Crippen LogP contribution in [-0.4, -0.2) is 85.3 Å². The summed E-state index contributed by atoms with van der Waals surface area (Å²) in [6.45, 7) is 12.0. The van der Waals surface area contributed by atoms with Crippen molar-refractivity contribution in [3.05, 3.63) is 64.9 Å². The van der Waals surface area contributed by atoms with Gasteiger partial charge in [0.15, 0.2) is 22.5 Å². The summed E-state index contributed by atoms with van der Waals surface area (Å²) in [7, 11) is 4.19. The standard InChI is InChI=1S/C42H50FN9O3S/c1-25-27-9-8-14-51(36(27)49-48-35(25)47-38-45-31-11-7-10-30(43)34(31)56-38)32-13-12-28(33(46-32)37(53)54)29-17-44-52(26(29)2)24-41-19-39(3)18-40(4,20-41)22-42(21-39,23-41)55-16-15-50(5)6/h7,10-13,17H,8-9,14-16,18-24H2,1-6H3,(H,53,54)(H,45,47,48). The van der Waals surface area contributed by atoms with Crippen molar-refractivity contribution in [2.24, 2.45) is 16.2 Å². The molecule has 0 spiro atoms. The summed E-state index contributed by atoms with van der Waals surface area (Å²) in [5.41, 5.74) is 5.14. The van der Waals surface area contributed by atoms with Crippen molar-refractivity contribution in [3.63, 3.8) is 0 Å². The van der Waals surface area contributed by atoms with Crippen molar-refractivity contribution in [1.29, 1.82) is 0 Å². The fourth-order valence-electron chi connectivity index (χ4n) is 11.8. The zero-order chi connectivity index (χ0) is 39.2. The molecule has 4 aromatic heterocycles. The molecule has 5 heterocycles. The zero-order valence-corrected chi connectivity index (χ0v) is 33.9. The molecule has 2 atom stereocenters. The number of fused-ring (bicyclic) bond motifs is 2. The summed E-state index contributed by atoms with van der Waals surface area (Å²) in [6.07, 6.45) is 10.2. The van der Waals surface area contributed by atoms with E-state index in [1.807, 2.05) is 37.1 Å². The lowest BCUT2D eigenvalue weighted by molar-refractivity contribution is -0.248. The number of hydrogen-bond donors (Lipinski definition) is 2. The lowest BCUT2D eigenvalue weighted by Crippen LogP contribution is -2.64. The van der Waals surface area contributed by atoms with E-state index < -0.39 is 5.97 Å². The van der Waals surface area contributed by atoms with Crippen LogP contribution < -0.4 is 10.2 Å². The maximum absolute atomic E-state index is 14.3. The van der Waals surface area contributed by atoms with Crippen LogP contribution in [0.25, 0.3) is 21.3 Å². The Morgan fingerprint density at radius 1 is 1.02 bits per heavy atom. The summed E-state index contributed by atoms with van der Waals surface area (Å²) < 4.78 is 23.8. The van der Waals surface area contributed by atoms with Crippen molar-refractivity contribution in [2.75, 3.05) is 44.0 Å². The van der Waals surface area contributed by atoms with Gasteiger partial charge in [-0.3, -0.25) is 4.68 Å². The summed E-state index contributed by atoms with van der Waals surface area (Å²) in [6, 6.07) is 8.59. The molecule has 2 unspecified atom stereocenters. The number of nitrogens with one attached hydrogen (secondary N) is 1. The molecule has 0 saturated heterocycles. The summed E-state index contributed by atoms with van der Waals surface area (Å²) in [4.78, 5) is 26.3. The third kappa shape index (κ3) is 6.43. The number of aromatic nitrogens is 6. The molecule has 2 N–H and O–H groups in total. The second kappa shape index (κ2) is 13.3. The molecule has 12 nitrogen and oxygen atoms in total. The highest BCUT2D eigenvalue weighted by molar-refractivity contribution is 7.22. The van der Waals surface area contributed by atoms with Gasteiger partial charge in [-0.2, -0.15) is 5.10 Å². The molecule has 1 aliphatic heterocycles. The third-order valence-electron chi connectivity index (χ3n) is 12.8.